The number of hydrogen-bond acceptors (Lipinski definition) is 6. The third-order valence-corrected chi connectivity index (χ3v) is 4.59. The summed E-state index contributed by atoms with van der Waals surface area (Å²) in [6.45, 7) is 5.32. The molecule has 1 aromatic heterocycles. The molecule has 2 N–H and O–H groups in total. The van der Waals surface area contributed by atoms with Crippen molar-refractivity contribution in [3.05, 3.63) is 40.9 Å². The zero-order valence-electron chi connectivity index (χ0n) is 13.3. The van der Waals surface area contributed by atoms with Crippen LogP contribution >= 0.6 is 23.7 Å². The van der Waals surface area contributed by atoms with Gasteiger partial charge in [0, 0.05) is 42.9 Å². The van der Waals surface area contributed by atoms with Gasteiger partial charge in [-0.05, 0) is 18.7 Å². The van der Waals surface area contributed by atoms with Crippen molar-refractivity contribution in [2.24, 2.45) is 0 Å². The summed E-state index contributed by atoms with van der Waals surface area (Å²) in [5.41, 5.74) is 8.37. The Bertz CT molecular complexity index is 616. The molecular weight excluding hydrogens is 332 g/mol. The Morgan fingerprint density at radius 3 is 2.70 bits per heavy atom. The van der Waals surface area contributed by atoms with Crippen LogP contribution in [0, 0.1) is 0 Å². The number of morpholine rings is 1. The predicted molar refractivity (Wildman–Crippen MR) is 98.4 cm³/mol. The fourth-order valence-corrected chi connectivity index (χ4v) is 3.53. The Kier molecular flexibility index (Phi) is 6.65. The molecular formula is C16H23ClN4OS. The number of nitrogens with zero attached hydrogens (tertiary/aromatic N) is 3. The van der Waals surface area contributed by atoms with Gasteiger partial charge in [-0.25, -0.2) is 4.98 Å². The van der Waals surface area contributed by atoms with E-state index in [1.54, 1.807) is 11.3 Å². The van der Waals surface area contributed by atoms with Gasteiger partial charge in [0.2, 0.25) is 0 Å². The van der Waals surface area contributed by atoms with E-state index in [0.29, 0.717) is 5.13 Å². The number of para-hydroxylation sites is 1. The molecule has 23 heavy (non-hydrogen) atoms. The number of hydrogen-bond donors (Lipinski definition) is 1. The number of halogens is 1. The molecule has 1 saturated heterocycles. The van der Waals surface area contributed by atoms with Crippen molar-refractivity contribution >= 4 is 34.6 Å². The third kappa shape index (κ3) is 4.81. The summed E-state index contributed by atoms with van der Waals surface area (Å²) in [6, 6.07) is 8.64. The van der Waals surface area contributed by atoms with Gasteiger partial charge in [-0.1, -0.05) is 18.2 Å². The number of thiazole rings is 1. The van der Waals surface area contributed by atoms with E-state index in [9.17, 15) is 0 Å². The lowest BCUT2D eigenvalue weighted by molar-refractivity contribution is 0.122. The molecule has 0 atom stereocenters. The molecule has 0 unspecified atom stereocenters. The molecule has 7 heteroatoms. The van der Waals surface area contributed by atoms with Crippen molar-refractivity contribution in [2.45, 2.75) is 13.1 Å². The number of benzene rings is 1. The van der Waals surface area contributed by atoms with E-state index in [4.69, 9.17) is 10.5 Å². The average Bonchev–Trinajstić information content (AvgIpc) is 2.93. The first-order valence-corrected chi connectivity index (χ1v) is 8.33. The molecule has 0 saturated carbocycles. The maximum Gasteiger partial charge on any atom is 0.180 e. The first kappa shape index (κ1) is 18.0. The minimum atomic E-state index is 0. The molecule has 1 fully saturated rings. The van der Waals surface area contributed by atoms with E-state index in [-0.39, 0.29) is 12.4 Å². The molecule has 1 aromatic carbocycles. The van der Waals surface area contributed by atoms with Crippen LogP contribution in [0.25, 0.3) is 0 Å². The molecule has 0 aliphatic carbocycles. The average molecular weight is 355 g/mol. The zero-order valence-corrected chi connectivity index (χ0v) is 14.9. The summed E-state index contributed by atoms with van der Waals surface area (Å²) in [6.07, 6.45) is 1.87. The van der Waals surface area contributed by atoms with Crippen molar-refractivity contribution in [1.82, 2.24) is 9.88 Å². The number of ether oxygens (including phenoxy) is 1. The van der Waals surface area contributed by atoms with Crippen LogP contribution in [0.2, 0.25) is 0 Å². The van der Waals surface area contributed by atoms with Crippen molar-refractivity contribution in [1.29, 1.82) is 0 Å². The summed E-state index contributed by atoms with van der Waals surface area (Å²) < 4.78 is 5.45. The highest BCUT2D eigenvalue weighted by Crippen LogP contribution is 2.24. The van der Waals surface area contributed by atoms with Crippen LogP contribution in [0.3, 0.4) is 0 Å². The molecule has 2 heterocycles. The lowest BCUT2D eigenvalue weighted by Gasteiger charge is -2.31. The molecule has 126 valence electrons. The first-order valence-electron chi connectivity index (χ1n) is 7.51. The SMILES string of the molecule is CN(Cc1cnc(N)s1)Cc1ccccc1N1CCOCC1.Cl. The Balaban J connectivity index is 0.00000192. The number of rotatable bonds is 5. The van der Waals surface area contributed by atoms with Gasteiger partial charge < -0.3 is 15.4 Å². The Hall–Kier alpha value is -1.34. The molecule has 2 aromatic rings. The summed E-state index contributed by atoms with van der Waals surface area (Å²) in [7, 11) is 2.13. The monoisotopic (exact) mass is 354 g/mol. The quantitative estimate of drug-likeness (QED) is 0.894. The van der Waals surface area contributed by atoms with E-state index in [1.807, 2.05) is 6.20 Å². The summed E-state index contributed by atoms with van der Waals surface area (Å²) >= 11 is 1.56. The zero-order chi connectivity index (χ0) is 15.4. The molecule has 1 aliphatic heterocycles. The number of nitrogens with two attached hydrogens (primary N) is 1. The van der Waals surface area contributed by atoms with Crippen LogP contribution in [0.4, 0.5) is 10.8 Å². The van der Waals surface area contributed by atoms with Gasteiger partial charge in [-0.15, -0.1) is 23.7 Å². The normalized spacial score (nSPS) is 14.8. The maximum atomic E-state index is 5.70. The minimum Gasteiger partial charge on any atom is -0.378 e. The van der Waals surface area contributed by atoms with Gasteiger partial charge in [0.1, 0.15) is 0 Å². The Morgan fingerprint density at radius 2 is 2.00 bits per heavy atom. The van der Waals surface area contributed by atoms with E-state index in [2.05, 4.69) is 46.1 Å². The largest absolute Gasteiger partial charge is 0.378 e. The molecule has 0 spiro atoms. The predicted octanol–water partition coefficient (Wildman–Crippen LogP) is 2.62. The van der Waals surface area contributed by atoms with Crippen molar-refractivity contribution in [3.63, 3.8) is 0 Å². The topological polar surface area (TPSA) is 54.6 Å². The molecule has 0 bridgehead atoms. The van der Waals surface area contributed by atoms with Gasteiger partial charge in [-0.3, -0.25) is 4.90 Å². The number of nitrogen functional groups attached to an aromatic ring is 1. The van der Waals surface area contributed by atoms with E-state index in [0.717, 1.165) is 39.4 Å². The molecule has 0 amide bonds. The fraction of sp³-hybridized carbons (Fsp3) is 0.438. The fourth-order valence-electron chi connectivity index (χ4n) is 2.77. The van der Waals surface area contributed by atoms with Gasteiger partial charge in [0.15, 0.2) is 5.13 Å². The highest BCUT2D eigenvalue weighted by atomic mass is 35.5. The van der Waals surface area contributed by atoms with Gasteiger partial charge >= 0.3 is 0 Å². The lowest BCUT2D eigenvalue weighted by atomic mass is 10.1. The van der Waals surface area contributed by atoms with Gasteiger partial charge in [0.05, 0.1) is 13.2 Å². The summed E-state index contributed by atoms with van der Waals surface area (Å²) in [4.78, 5) is 10.0. The highest BCUT2D eigenvalue weighted by Gasteiger charge is 2.15. The van der Waals surface area contributed by atoms with E-state index < -0.39 is 0 Å². The van der Waals surface area contributed by atoms with Gasteiger partial charge in [-0.2, -0.15) is 0 Å². The maximum absolute atomic E-state index is 5.70. The number of aromatic nitrogens is 1. The summed E-state index contributed by atoms with van der Waals surface area (Å²) in [5.74, 6) is 0. The van der Waals surface area contributed by atoms with Crippen molar-refractivity contribution in [3.8, 4) is 0 Å². The molecule has 1 aliphatic rings. The second-order valence-corrected chi connectivity index (χ2v) is 6.71. The standard InChI is InChI=1S/C16H22N4OS.ClH/c1-19(12-14-10-18-16(17)22-14)11-13-4-2-3-5-15(13)20-6-8-21-9-7-20;/h2-5,10H,6-9,11-12H2,1H3,(H2,17,18);1H. The van der Waals surface area contributed by atoms with Crippen molar-refractivity contribution in [2.75, 3.05) is 44.0 Å². The highest BCUT2D eigenvalue weighted by molar-refractivity contribution is 7.15. The lowest BCUT2D eigenvalue weighted by Crippen LogP contribution is -2.37. The second-order valence-electron chi connectivity index (χ2n) is 5.57. The Labute approximate surface area is 147 Å². The first-order chi connectivity index (χ1) is 10.7. The van der Waals surface area contributed by atoms with Gasteiger partial charge in [0.25, 0.3) is 0 Å². The van der Waals surface area contributed by atoms with Crippen LogP contribution in [0.5, 0.6) is 0 Å². The number of anilines is 2. The van der Waals surface area contributed by atoms with E-state index in [1.165, 1.54) is 16.1 Å². The van der Waals surface area contributed by atoms with Crippen LogP contribution in [0.1, 0.15) is 10.4 Å². The summed E-state index contributed by atoms with van der Waals surface area (Å²) in [5, 5.41) is 0.636. The minimum absolute atomic E-state index is 0. The smallest absolute Gasteiger partial charge is 0.180 e. The van der Waals surface area contributed by atoms with Crippen LogP contribution in [0.15, 0.2) is 30.5 Å². The molecule has 3 rings (SSSR count). The van der Waals surface area contributed by atoms with Crippen LogP contribution in [-0.2, 0) is 17.8 Å². The van der Waals surface area contributed by atoms with Crippen LogP contribution in [-0.4, -0.2) is 43.2 Å². The third-order valence-electron chi connectivity index (χ3n) is 3.78. The van der Waals surface area contributed by atoms with Crippen molar-refractivity contribution < 1.29 is 4.74 Å². The second kappa shape index (κ2) is 8.49. The van der Waals surface area contributed by atoms with E-state index >= 15 is 0 Å². The van der Waals surface area contributed by atoms with Crippen LogP contribution < -0.4 is 10.6 Å². The molecule has 0 radical (unpaired) electrons. The molecule has 5 nitrogen and oxygen atoms in total. The Morgan fingerprint density at radius 1 is 1.26 bits per heavy atom.